The molecule has 0 aromatic carbocycles. The predicted octanol–water partition coefficient (Wildman–Crippen LogP) is 1.82. The number of hydrogen-bond acceptors (Lipinski definition) is 2. The van der Waals surface area contributed by atoms with Crippen LogP contribution >= 0.6 is 11.8 Å². The Kier molecular flexibility index (Phi) is 3.19. The fourth-order valence-corrected chi connectivity index (χ4v) is 2.64. The van der Waals surface area contributed by atoms with E-state index >= 15 is 0 Å². The molecule has 1 nitrogen and oxygen atoms in total. The smallest absolute Gasteiger partial charge is 0.123 e. The molecule has 1 rings (SSSR count). The third-order valence-corrected chi connectivity index (χ3v) is 3.72. The molecule has 0 spiro atoms. The molecule has 11 heavy (non-hydrogen) atoms. The van der Waals surface area contributed by atoms with Crippen LogP contribution in [-0.4, -0.2) is 23.7 Å². The normalized spacial score (nSPS) is 35.2. The van der Waals surface area contributed by atoms with Crippen molar-refractivity contribution in [1.29, 1.82) is 0 Å². The van der Waals surface area contributed by atoms with E-state index in [1.165, 1.54) is 0 Å². The molecular formula is C8H16FNS. The van der Waals surface area contributed by atoms with Crippen molar-refractivity contribution in [2.24, 2.45) is 11.7 Å². The predicted molar refractivity (Wildman–Crippen MR) is 48.6 cm³/mol. The molecule has 0 aromatic rings. The first-order valence-corrected chi connectivity index (χ1v) is 5.31. The summed E-state index contributed by atoms with van der Waals surface area (Å²) >= 11 is 1.72. The lowest BCUT2D eigenvalue weighted by Crippen LogP contribution is -2.40. The fraction of sp³-hybridized carbons (Fsp3) is 1.00. The van der Waals surface area contributed by atoms with Crippen LogP contribution in [0, 0.1) is 5.92 Å². The monoisotopic (exact) mass is 177 g/mol. The molecule has 0 bridgehead atoms. The van der Waals surface area contributed by atoms with Crippen molar-refractivity contribution in [3.63, 3.8) is 0 Å². The standard InChI is InChI=1S/C8H16FNS/c1-7(5-10)8(9)3-2-4-11-6-8/h7H,2-6,10H2,1H3. The van der Waals surface area contributed by atoms with Gasteiger partial charge >= 0.3 is 0 Å². The van der Waals surface area contributed by atoms with Crippen molar-refractivity contribution >= 4 is 11.8 Å². The van der Waals surface area contributed by atoms with Gasteiger partial charge in [-0.15, -0.1) is 0 Å². The second-order valence-electron chi connectivity index (χ2n) is 3.33. The Balaban J connectivity index is 2.49. The first kappa shape index (κ1) is 9.33. The van der Waals surface area contributed by atoms with Gasteiger partial charge in [0, 0.05) is 11.7 Å². The zero-order valence-electron chi connectivity index (χ0n) is 6.98. The topological polar surface area (TPSA) is 26.0 Å². The van der Waals surface area contributed by atoms with Crippen molar-refractivity contribution in [3.8, 4) is 0 Å². The highest BCUT2D eigenvalue weighted by molar-refractivity contribution is 7.99. The lowest BCUT2D eigenvalue weighted by Gasteiger charge is -2.33. The van der Waals surface area contributed by atoms with Crippen LogP contribution in [-0.2, 0) is 0 Å². The van der Waals surface area contributed by atoms with E-state index in [4.69, 9.17) is 5.73 Å². The van der Waals surface area contributed by atoms with Crippen LogP contribution in [0.1, 0.15) is 19.8 Å². The van der Waals surface area contributed by atoms with Crippen LogP contribution in [0.2, 0.25) is 0 Å². The van der Waals surface area contributed by atoms with E-state index in [-0.39, 0.29) is 5.92 Å². The Hall–Kier alpha value is 0.240. The van der Waals surface area contributed by atoms with Crippen LogP contribution < -0.4 is 5.73 Å². The number of alkyl halides is 1. The Morgan fingerprint density at radius 3 is 2.91 bits per heavy atom. The zero-order valence-corrected chi connectivity index (χ0v) is 7.79. The number of nitrogens with two attached hydrogens (primary N) is 1. The van der Waals surface area contributed by atoms with Gasteiger partial charge < -0.3 is 5.73 Å². The second-order valence-corrected chi connectivity index (χ2v) is 4.43. The maximum atomic E-state index is 13.9. The molecule has 0 aromatic heterocycles. The largest absolute Gasteiger partial charge is 0.330 e. The van der Waals surface area contributed by atoms with Crippen LogP contribution in [0.3, 0.4) is 0 Å². The van der Waals surface area contributed by atoms with E-state index in [9.17, 15) is 4.39 Å². The zero-order chi connectivity index (χ0) is 8.32. The number of thioether (sulfide) groups is 1. The van der Waals surface area contributed by atoms with Crippen molar-refractivity contribution in [2.45, 2.75) is 25.4 Å². The summed E-state index contributed by atoms with van der Waals surface area (Å²) in [5.41, 5.74) is 4.46. The third kappa shape index (κ3) is 2.09. The minimum absolute atomic E-state index is 0.0234. The summed E-state index contributed by atoms with van der Waals surface area (Å²) in [6.07, 6.45) is 1.71. The highest BCUT2D eigenvalue weighted by Crippen LogP contribution is 2.35. The number of halogens is 1. The molecule has 1 saturated heterocycles. The summed E-state index contributed by atoms with van der Waals surface area (Å²) in [5.74, 6) is 1.78. The summed E-state index contributed by atoms with van der Waals surface area (Å²) in [6.45, 7) is 2.38. The van der Waals surface area contributed by atoms with E-state index in [2.05, 4.69) is 0 Å². The van der Waals surface area contributed by atoms with E-state index in [1.807, 2.05) is 6.92 Å². The van der Waals surface area contributed by atoms with Gasteiger partial charge in [0.05, 0.1) is 0 Å². The van der Waals surface area contributed by atoms with Crippen LogP contribution in [0.25, 0.3) is 0 Å². The molecule has 2 atom stereocenters. The lowest BCUT2D eigenvalue weighted by atomic mass is 9.88. The average Bonchev–Trinajstić information content (AvgIpc) is 2.04. The molecule has 1 aliphatic heterocycles. The molecule has 0 aliphatic carbocycles. The second kappa shape index (κ2) is 3.76. The van der Waals surface area contributed by atoms with Gasteiger partial charge in [0.2, 0.25) is 0 Å². The summed E-state index contributed by atoms with van der Waals surface area (Å²) in [6, 6.07) is 0. The minimum atomic E-state index is -0.975. The minimum Gasteiger partial charge on any atom is -0.330 e. The van der Waals surface area contributed by atoms with Crippen molar-refractivity contribution < 1.29 is 4.39 Å². The summed E-state index contributed by atoms with van der Waals surface area (Å²) in [7, 11) is 0. The molecule has 0 amide bonds. The number of hydrogen-bond donors (Lipinski definition) is 1. The molecule has 0 saturated carbocycles. The van der Waals surface area contributed by atoms with Crippen molar-refractivity contribution in [1.82, 2.24) is 0 Å². The SMILES string of the molecule is CC(CN)C1(F)CCCSC1. The molecule has 0 radical (unpaired) electrons. The van der Waals surface area contributed by atoms with Gasteiger partial charge in [-0.3, -0.25) is 0 Å². The first-order chi connectivity index (χ1) is 5.19. The van der Waals surface area contributed by atoms with E-state index < -0.39 is 5.67 Å². The van der Waals surface area contributed by atoms with E-state index in [0.29, 0.717) is 18.7 Å². The molecule has 1 fully saturated rings. The molecule has 3 heteroatoms. The Labute approximate surface area is 71.9 Å². The van der Waals surface area contributed by atoms with E-state index in [1.54, 1.807) is 11.8 Å². The van der Waals surface area contributed by atoms with E-state index in [0.717, 1.165) is 12.2 Å². The highest BCUT2D eigenvalue weighted by atomic mass is 32.2. The van der Waals surface area contributed by atoms with Gasteiger partial charge in [-0.2, -0.15) is 11.8 Å². The average molecular weight is 177 g/mol. The third-order valence-electron chi connectivity index (χ3n) is 2.46. The maximum absolute atomic E-state index is 13.9. The van der Waals surface area contributed by atoms with Crippen LogP contribution in [0.15, 0.2) is 0 Å². The summed E-state index contributed by atoms with van der Waals surface area (Å²) in [4.78, 5) is 0. The quantitative estimate of drug-likeness (QED) is 0.696. The van der Waals surface area contributed by atoms with Gasteiger partial charge in [0.15, 0.2) is 0 Å². The fourth-order valence-electron chi connectivity index (χ4n) is 1.38. The Bertz CT molecular complexity index is 123. The molecule has 2 unspecified atom stereocenters. The van der Waals surface area contributed by atoms with Gasteiger partial charge in [-0.05, 0) is 25.1 Å². The van der Waals surface area contributed by atoms with Crippen molar-refractivity contribution in [2.75, 3.05) is 18.1 Å². The van der Waals surface area contributed by atoms with Crippen molar-refractivity contribution in [3.05, 3.63) is 0 Å². The van der Waals surface area contributed by atoms with Crippen LogP contribution in [0.4, 0.5) is 4.39 Å². The molecule has 2 N–H and O–H groups in total. The maximum Gasteiger partial charge on any atom is 0.123 e. The molecule has 1 heterocycles. The molecule has 1 aliphatic rings. The van der Waals surface area contributed by atoms with Gasteiger partial charge in [-0.1, -0.05) is 6.92 Å². The highest BCUT2D eigenvalue weighted by Gasteiger charge is 2.36. The Morgan fingerprint density at radius 1 is 1.73 bits per heavy atom. The van der Waals surface area contributed by atoms with Gasteiger partial charge in [-0.25, -0.2) is 4.39 Å². The molecule has 66 valence electrons. The van der Waals surface area contributed by atoms with Gasteiger partial charge in [0.1, 0.15) is 5.67 Å². The van der Waals surface area contributed by atoms with Crippen LogP contribution in [0.5, 0.6) is 0 Å². The van der Waals surface area contributed by atoms with Gasteiger partial charge in [0.25, 0.3) is 0 Å². The summed E-state index contributed by atoms with van der Waals surface area (Å²) in [5, 5.41) is 0. The Morgan fingerprint density at radius 2 is 2.45 bits per heavy atom. The first-order valence-electron chi connectivity index (χ1n) is 4.16. The lowest BCUT2D eigenvalue weighted by molar-refractivity contribution is 0.107. The molecular weight excluding hydrogens is 161 g/mol. The number of rotatable bonds is 2. The summed E-state index contributed by atoms with van der Waals surface area (Å²) < 4.78 is 13.9.